The maximum atomic E-state index is 10.6. The fourth-order valence-electron chi connectivity index (χ4n) is 3.53. The van der Waals surface area contributed by atoms with E-state index < -0.39 is 6.16 Å². The Morgan fingerprint density at radius 1 is 1.29 bits per heavy atom. The fourth-order valence-corrected chi connectivity index (χ4v) is 3.53. The van der Waals surface area contributed by atoms with Gasteiger partial charge in [-0.3, -0.25) is 0 Å². The Hall–Kier alpha value is -1.51. The molecule has 1 aliphatic carbocycles. The minimum atomic E-state index is -1.26. The SMILES string of the molecule is CC1CCC(C(C)(C)Cc2cccc(OC(=O)O)c2)CC1. The predicted molar refractivity (Wildman–Crippen MR) is 83.7 cm³/mol. The average molecular weight is 290 g/mol. The van der Waals surface area contributed by atoms with E-state index in [0.29, 0.717) is 5.75 Å². The summed E-state index contributed by atoms with van der Waals surface area (Å²) in [6.07, 6.45) is 4.97. The van der Waals surface area contributed by atoms with Gasteiger partial charge in [-0.1, -0.05) is 45.7 Å². The summed E-state index contributed by atoms with van der Waals surface area (Å²) in [6, 6.07) is 7.46. The second-order valence-electron chi connectivity index (χ2n) is 7.14. The normalized spacial score (nSPS) is 22.8. The van der Waals surface area contributed by atoms with Crippen LogP contribution in [0.25, 0.3) is 0 Å². The molecule has 0 aromatic heterocycles. The van der Waals surface area contributed by atoms with Crippen LogP contribution in [0.5, 0.6) is 5.75 Å². The number of benzene rings is 1. The van der Waals surface area contributed by atoms with Crippen molar-refractivity contribution >= 4 is 6.16 Å². The summed E-state index contributed by atoms with van der Waals surface area (Å²) in [7, 11) is 0. The van der Waals surface area contributed by atoms with E-state index in [1.54, 1.807) is 6.07 Å². The zero-order valence-electron chi connectivity index (χ0n) is 13.3. The first-order valence-corrected chi connectivity index (χ1v) is 7.86. The molecule has 3 nitrogen and oxygen atoms in total. The number of hydrogen-bond acceptors (Lipinski definition) is 2. The zero-order valence-corrected chi connectivity index (χ0v) is 13.3. The van der Waals surface area contributed by atoms with Gasteiger partial charge in [-0.2, -0.15) is 0 Å². The van der Waals surface area contributed by atoms with Gasteiger partial charge in [0.25, 0.3) is 0 Å². The molecule has 116 valence electrons. The third kappa shape index (κ3) is 4.48. The van der Waals surface area contributed by atoms with Crippen molar-refractivity contribution in [1.82, 2.24) is 0 Å². The molecular formula is C18H26O3. The van der Waals surface area contributed by atoms with Crippen LogP contribution in [0.15, 0.2) is 24.3 Å². The molecule has 2 rings (SSSR count). The van der Waals surface area contributed by atoms with Gasteiger partial charge in [0.2, 0.25) is 0 Å². The molecule has 0 heterocycles. The minimum Gasteiger partial charge on any atom is -0.449 e. The van der Waals surface area contributed by atoms with Crippen molar-refractivity contribution in [3.8, 4) is 5.75 Å². The number of ether oxygens (including phenoxy) is 1. The molecule has 1 aliphatic rings. The summed E-state index contributed by atoms with van der Waals surface area (Å²) in [6.45, 7) is 7.01. The van der Waals surface area contributed by atoms with Gasteiger partial charge < -0.3 is 9.84 Å². The van der Waals surface area contributed by atoms with E-state index in [1.807, 2.05) is 12.1 Å². The van der Waals surface area contributed by atoms with Gasteiger partial charge in [0, 0.05) is 0 Å². The highest BCUT2D eigenvalue weighted by Gasteiger charge is 2.32. The summed E-state index contributed by atoms with van der Waals surface area (Å²) in [5, 5.41) is 8.70. The van der Waals surface area contributed by atoms with Crippen molar-refractivity contribution in [3.63, 3.8) is 0 Å². The highest BCUT2D eigenvalue weighted by atomic mass is 16.7. The van der Waals surface area contributed by atoms with Gasteiger partial charge in [0.15, 0.2) is 0 Å². The molecule has 0 spiro atoms. The molecule has 1 aromatic rings. The van der Waals surface area contributed by atoms with E-state index in [0.717, 1.165) is 23.8 Å². The molecule has 0 radical (unpaired) electrons. The van der Waals surface area contributed by atoms with Gasteiger partial charge in [-0.05, 0) is 54.2 Å². The molecule has 1 N–H and O–H groups in total. The van der Waals surface area contributed by atoms with Crippen molar-refractivity contribution in [2.45, 2.75) is 52.9 Å². The highest BCUT2D eigenvalue weighted by molar-refractivity contribution is 5.61. The van der Waals surface area contributed by atoms with Crippen LogP contribution in [-0.4, -0.2) is 11.3 Å². The Labute approximate surface area is 127 Å². The molecule has 1 saturated carbocycles. The van der Waals surface area contributed by atoms with Crippen LogP contribution >= 0.6 is 0 Å². The summed E-state index contributed by atoms with van der Waals surface area (Å²) in [5.41, 5.74) is 1.39. The Bertz CT molecular complexity index is 485. The third-order valence-electron chi connectivity index (χ3n) is 4.88. The number of hydrogen-bond donors (Lipinski definition) is 1. The third-order valence-corrected chi connectivity index (χ3v) is 4.88. The second-order valence-corrected chi connectivity index (χ2v) is 7.14. The molecule has 0 amide bonds. The predicted octanol–water partition coefficient (Wildman–Crippen LogP) is 5.14. The van der Waals surface area contributed by atoms with Crippen molar-refractivity contribution in [2.24, 2.45) is 17.3 Å². The monoisotopic (exact) mass is 290 g/mol. The lowest BCUT2D eigenvalue weighted by molar-refractivity contribution is 0.136. The maximum absolute atomic E-state index is 10.6. The second kappa shape index (κ2) is 6.50. The quantitative estimate of drug-likeness (QED) is 0.617. The number of rotatable bonds is 4. The molecule has 0 atom stereocenters. The van der Waals surface area contributed by atoms with Crippen molar-refractivity contribution in [1.29, 1.82) is 0 Å². The Balaban J connectivity index is 2.03. The van der Waals surface area contributed by atoms with Crippen LogP contribution in [0.1, 0.15) is 52.0 Å². The van der Waals surface area contributed by atoms with Crippen LogP contribution in [0.3, 0.4) is 0 Å². The molecule has 0 unspecified atom stereocenters. The van der Waals surface area contributed by atoms with Crippen LogP contribution < -0.4 is 4.74 Å². The largest absolute Gasteiger partial charge is 0.511 e. The standard InChI is InChI=1S/C18H26O3/c1-13-7-9-15(10-8-13)18(2,3)12-14-5-4-6-16(11-14)21-17(19)20/h4-6,11,13,15H,7-10,12H2,1-3H3,(H,19,20). The van der Waals surface area contributed by atoms with Crippen LogP contribution in [0, 0.1) is 17.3 Å². The van der Waals surface area contributed by atoms with Crippen molar-refractivity contribution < 1.29 is 14.6 Å². The van der Waals surface area contributed by atoms with Gasteiger partial charge in [0.1, 0.15) is 5.75 Å². The first kappa shape index (κ1) is 15.9. The van der Waals surface area contributed by atoms with Gasteiger partial charge in [-0.25, -0.2) is 4.79 Å². The van der Waals surface area contributed by atoms with Crippen molar-refractivity contribution in [2.75, 3.05) is 0 Å². The molecule has 0 saturated heterocycles. The van der Waals surface area contributed by atoms with Crippen LogP contribution in [0.2, 0.25) is 0 Å². The number of carboxylic acid groups (broad SMARTS) is 1. The summed E-state index contributed by atoms with van der Waals surface area (Å²) < 4.78 is 4.75. The maximum Gasteiger partial charge on any atom is 0.511 e. The average Bonchev–Trinajstić information content (AvgIpc) is 2.38. The molecule has 3 heteroatoms. The highest BCUT2D eigenvalue weighted by Crippen LogP contribution is 2.42. The van der Waals surface area contributed by atoms with E-state index in [9.17, 15) is 4.79 Å². The fraction of sp³-hybridized carbons (Fsp3) is 0.611. The molecule has 1 aromatic carbocycles. The van der Waals surface area contributed by atoms with E-state index in [4.69, 9.17) is 9.84 Å². The van der Waals surface area contributed by atoms with E-state index in [1.165, 1.54) is 25.7 Å². The molecule has 0 aliphatic heterocycles. The van der Waals surface area contributed by atoms with Crippen molar-refractivity contribution in [3.05, 3.63) is 29.8 Å². The van der Waals surface area contributed by atoms with Gasteiger partial charge in [0.05, 0.1) is 0 Å². The smallest absolute Gasteiger partial charge is 0.449 e. The van der Waals surface area contributed by atoms with Gasteiger partial charge in [-0.15, -0.1) is 0 Å². The zero-order chi connectivity index (χ0) is 15.5. The van der Waals surface area contributed by atoms with E-state index in [-0.39, 0.29) is 5.41 Å². The summed E-state index contributed by atoms with van der Waals surface area (Å²) >= 11 is 0. The van der Waals surface area contributed by atoms with E-state index >= 15 is 0 Å². The van der Waals surface area contributed by atoms with Crippen LogP contribution in [-0.2, 0) is 6.42 Å². The Morgan fingerprint density at radius 3 is 2.57 bits per heavy atom. The number of carbonyl (C=O) groups is 1. The lowest BCUT2D eigenvalue weighted by atomic mass is 9.66. The first-order valence-electron chi connectivity index (χ1n) is 7.86. The summed E-state index contributed by atoms with van der Waals surface area (Å²) in [5.74, 6) is 2.02. The van der Waals surface area contributed by atoms with Crippen LogP contribution in [0.4, 0.5) is 4.79 Å². The molecule has 0 bridgehead atoms. The van der Waals surface area contributed by atoms with Gasteiger partial charge >= 0.3 is 6.16 Å². The van der Waals surface area contributed by atoms with E-state index in [2.05, 4.69) is 26.8 Å². The molecule has 21 heavy (non-hydrogen) atoms. The summed E-state index contributed by atoms with van der Waals surface area (Å²) in [4.78, 5) is 10.6. The molecule has 1 fully saturated rings. The Kier molecular flexibility index (Phi) is 4.92. The topological polar surface area (TPSA) is 46.5 Å². The minimum absolute atomic E-state index is 0.238. The Morgan fingerprint density at radius 2 is 1.95 bits per heavy atom. The lowest BCUT2D eigenvalue weighted by Crippen LogP contribution is -2.30. The lowest BCUT2D eigenvalue weighted by Gasteiger charge is -2.39. The molecular weight excluding hydrogens is 264 g/mol. The first-order chi connectivity index (χ1) is 9.87.